The van der Waals surface area contributed by atoms with Crippen molar-refractivity contribution in [2.45, 2.75) is 31.9 Å². The van der Waals surface area contributed by atoms with Gasteiger partial charge in [0, 0.05) is 32.7 Å². The highest BCUT2D eigenvalue weighted by Crippen LogP contribution is 2.30. The normalized spacial score (nSPS) is 18.0. The van der Waals surface area contributed by atoms with Gasteiger partial charge in [-0.3, -0.25) is 4.79 Å². The molecule has 1 saturated heterocycles. The van der Waals surface area contributed by atoms with Crippen molar-refractivity contribution in [3.63, 3.8) is 0 Å². The minimum atomic E-state index is -4.24. The largest absolute Gasteiger partial charge is 0.481 e. The van der Waals surface area contributed by atoms with Crippen LogP contribution in [0.3, 0.4) is 0 Å². The number of carboxylic acids is 1. The zero-order chi connectivity index (χ0) is 15.9. The van der Waals surface area contributed by atoms with Gasteiger partial charge in [0.15, 0.2) is 0 Å². The number of carbonyl (C=O) groups is 2. The van der Waals surface area contributed by atoms with Crippen LogP contribution in [0.5, 0.6) is 0 Å². The van der Waals surface area contributed by atoms with Gasteiger partial charge >= 0.3 is 18.2 Å². The summed E-state index contributed by atoms with van der Waals surface area (Å²) in [4.78, 5) is 22.8. The fourth-order valence-corrected chi connectivity index (χ4v) is 2.03. The van der Waals surface area contributed by atoms with Gasteiger partial charge in [0.1, 0.15) is 0 Å². The first-order valence-corrected chi connectivity index (χ1v) is 6.65. The molecule has 2 amide bonds. The van der Waals surface area contributed by atoms with Gasteiger partial charge in [-0.2, -0.15) is 13.2 Å². The number of alkyl halides is 3. The van der Waals surface area contributed by atoms with Gasteiger partial charge in [-0.25, -0.2) is 4.79 Å². The molecular formula is C12H19F3N2O4. The Morgan fingerprint density at radius 2 is 1.81 bits per heavy atom. The molecule has 0 aromatic heterocycles. The van der Waals surface area contributed by atoms with Crippen LogP contribution in [0.1, 0.15) is 25.7 Å². The van der Waals surface area contributed by atoms with Crippen molar-refractivity contribution in [2.24, 2.45) is 5.41 Å². The first-order valence-electron chi connectivity index (χ1n) is 6.65. The highest BCUT2D eigenvalue weighted by atomic mass is 19.4. The number of ether oxygens (including phenoxy) is 1. The van der Waals surface area contributed by atoms with Crippen LogP contribution in [0.25, 0.3) is 0 Å². The van der Waals surface area contributed by atoms with Crippen molar-refractivity contribution in [2.75, 3.05) is 26.3 Å². The van der Waals surface area contributed by atoms with Crippen molar-refractivity contribution in [1.82, 2.24) is 10.6 Å². The quantitative estimate of drug-likeness (QED) is 0.649. The molecule has 1 fully saturated rings. The Labute approximate surface area is 120 Å². The minimum Gasteiger partial charge on any atom is -0.481 e. The molecule has 0 aromatic carbocycles. The zero-order valence-electron chi connectivity index (χ0n) is 11.5. The average Bonchev–Trinajstić information content (AvgIpc) is 2.41. The summed E-state index contributed by atoms with van der Waals surface area (Å²) < 4.78 is 40.8. The van der Waals surface area contributed by atoms with Crippen LogP contribution in [-0.2, 0) is 9.53 Å². The van der Waals surface area contributed by atoms with Crippen LogP contribution in [0, 0.1) is 5.41 Å². The smallest absolute Gasteiger partial charge is 0.389 e. The number of urea groups is 1. The molecule has 9 heteroatoms. The molecule has 0 atom stereocenters. The van der Waals surface area contributed by atoms with E-state index in [4.69, 9.17) is 4.74 Å². The lowest BCUT2D eigenvalue weighted by molar-refractivity contribution is -0.154. The Hall–Kier alpha value is -1.51. The van der Waals surface area contributed by atoms with E-state index in [1.807, 2.05) is 0 Å². The number of halogens is 3. The van der Waals surface area contributed by atoms with Crippen molar-refractivity contribution < 1.29 is 32.6 Å². The molecule has 1 rings (SSSR count). The number of hydrogen-bond acceptors (Lipinski definition) is 3. The fraction of sp³-hybridized carbons (Fsp3) is 0.833. The van der Waals surface area contributed by atoms with E-state index < -0.39 is 30.0 Å². The Morgan fingerprint density at radius 3 is 2.33 bits per heavy atom. The predicted molar refractivity (Wildman–Crippen MR) is 66.8 cm³/mol. The standard InChI is InChI=1S/C12H19F3N2O4/c13-12(14,15)2-1-5-16-10(20)17-8-11(9(18)19)3-6-21-7-4-11/h1-8H2,(H,18,19)(H2,16,17,20). The van der Waals surface area contributed by atoms with Crippen LogP contribution in [0.4, 0.5) is 18.0 Å². The third-order valence-electron chi connectivity index (χ3n) is 3.41. The Morgan fingerprint density at radius 1 is 1.19 bits per heavy atom. The van der Waals surface area contributed by atoms with E-state index in [0.717, 1.165) is 0 Å². The number of amides is 2. The molecule has 6 nitrogen and oxygen atoms in total. The summed E-state index contributed by atoms with van der Waals surface area (Å²) in [5.41, 5.74) is -1.07. The summed E-state index contributed by atoms with van der Waals surface area (Å²) in [6, 6.07) is -0.663. The molecule has 0 aliphatic carbocycles. The molecule has 21 heavy (non-hydrogen) atoms. The highest BCUT2D eigenvalue weighted by Gasteiger charge is 2.40. The number of hydrogen-bond donors (Lipinski definition) is 3. The molecule has 3 N–H and O–H groups in total. The number of rotatable bonds is 6. The molecule has 122 valence electrons. The van der Waals surface area contributed by atoms with E-state index in [1.165, 1.54) is 0 Å². The monoisotopic (exact) mass is 312 g/mol. The van der Waals surface area contributed by atoms with E-state index in [2.05, 4.69) is 10.6 Å². The summed E-state index contributed by atoms with van der Waals surface area (Å²) >= 11 is 0. The number of aliphatic carboxylic acids is 1. The van der Waals surface area contributed by atoms with Crippen molar-refractivity contribution in [1.29, 1.82) is 0 Å². The second-order valence-electron chi connectivity index (χ2n) is 5.03. The lowest BCUT2D eigenvalue weighted by Gasteiger charge is -2.33. The van der Waals surface area contributed by atoms with Crippen LogP contribution in [0.2, 0.25) is 0 Å². The predicted octanol–water partition coefficient (Wildman–Crippen LogP) is 1.51. The van der Waals surface area contributed by atoms with E-state index in [-0.39, 0.29) is 32.4 Å². The molecule has 0 aromatic rings. The van der Waals surface area contributed by atoms with Gasteiger partial charge in [-0.15, -0.1) is 0 Å². The number of carboxylic acid groups (broad SMARTS) is 1. The molecule has 1 heterocycles. The van der Waals surface area contributed by atoms with Crippen LogP contribution in [-0.4, -0.2) is 49.6 Å². The summed E-state index contributed by atoms with van der Waals surface area (Å²) in [5, 5.41) is 13.9. The molecule has 0 bridgehead atoms. The lowest BCUT2D eigenvalue weighted by Crippen LogP contribution is -2.49. The maximum absolute atomic E-state index is 11.9. The minimum absolute atomic E-state index is 0.0726. The van der Waals surface area contributed by atoms with E-state index in [1.54, 1.807) is 0 Å². The van der Waals surface area contributed by atoms with Crippen LogP contribution >= 0.6 is 0 Å². The lowest BCUT2D eigenvalue weighted by atomic mass is 9.80. The van der Waals surface area contributed by atoms with E-state index in [0.29, 0.717) is 13.2 Å². The fourth-order valence-electron chi connectivity index (χ4n) is 2.03. The van der Waals surface area contributed by atoms with Crippen LogP contribution in [0.15, 0.2) is 0 Å². The summed E-state index contributed by atoms with van der Waals surface area (Å²) in [7, 11) is 0. The third kappa shape index (κ3) is 6.19. The van der Waals surface area contributed by atoms with Gasteiger partial charge < -0.3 is 20.5 Å². The van der Waals surface area contributed by atoms with E-state index in [9.17, 15) is 27.9 Å². The highest BCUT2D eigenvalue weighted by molar-refractivity contribution is 5.78. The topological polar surface area (TPSA) is 87.7 Å². The number of carbonyl (C=O) groups excluding carboxylic acids is 1. The Kier molecular flexibility index (Phi) is 6.25. The second-order valence-corrected chi connectivity index (χ2v) is 5.03. The molecule has 1 aliphatic heterocycles. The van der Waals surface area contributed by atoms with Gasteiger partial charge in [0.05, 0.1) is 5.41 Å². The summed E-state index contributed by atoms with van der Waals surface area (Å²) in [6.45, 7) is 0.424. The van der Waals surface area contributed by atoms with E-state index >= 15 is 0 Å². The molecular weight excluding hydrogens is 293 g/mol. The van der Waals surface area contributed by atoms with Crippen molar-refractivity contribution >= 4 is 12.0 Å². The second kappa shape index (κ2) is 7.48. The third-order valence-corrected chi connectivity index (χ3v) is 3.41. The summed E-state index contributed by atoms with van der Waals surface area (Å²) in [6.07, 6.45) is -4.85. The van der Waals surface area contributed by atoms with Gasteiger partial charge in [-0.1, -0.05) is 0 Å². The zero-order valence-corrected chi connectivity index (χ0v) is 11.5. The first kappa shape index (κ1) is 17.5. The SMILES string of the molecule is O=C(NCCCC(F)(F)F)NCC1(C(=O)O)CCOCC1. The van der Waals surface area contributed by atoms with Gasteiger partial charge in [0.25, 0.3) is 0 Å². The average molecular weight is 312 g/mol. The molecule has 0 saturated carbocycles. The Balaban J connectivity index is 2.29. The molecule has 0 spiro atoms. The van der Waals surface area contributed by atoms with Gasteiger partial charge in [-0.05, 0) is 19.3 Å². The first-order chi connectivity index (χ1) is 9.75. The molecule has 1 aliphatic rings. The molecule has 0 radical (unpaired) electrons. The summed E-state index contributed by atoms with van der Waals surface area (Å²) in [5.74, 6) is -1.01. The number of nitrogens with one attached hydrogen (secondary N) is 2. The van der Waals surface area contributed by atoms with Gasteiger partial charge in [0.2, 0.25) is 0 Å². The maximum Gasteiger partial charge on any atom is 0.389 e. The maximum atomic E-state index is 11.9. The van der Waals surface area contributed by atoms with Crippen molar-refractivity contribution in [3.05, 3.63) is 0 Å². The molecule has 0 unspecified atom stereocenters. The van der Waals surface area contributed by atoms with Crippen LogP contribution < -0.4 is 10.6 Å². The van der Waals surface area contributed by atoms with Crippen molar-refractivity contribution in [3.8, 4) is 0 Å². The Bertz CT molecular complexity index is 368.